The molecule has 0 spiro atoms. The normalized spacial score (nSPS) is 12.3. The van der Waals surface area contributed by atoms with Crippen molar-refractivity contribution in [2.24, 2.45) is 0 Å². The molecule has 0 amide bonds. The van der Waals surface area contributed by atoms with E-state index in [1.165, 1.54) is 289 Å². The molecule has 0 saturated carbocycles. The van der Waals surface area contributed by atoms with Gasteiger partial charge in [-0.2, -0.15) is 0 Å². The second-order valence-corrected chi connectivity index (χ2v) is 24.9. The Bertz CT molecular complexity index is 1410. The highest BCUT2D eigenvalue weighted by molar-refractivity contribution is 5.71. The molecule has 0 aromatic heterocycles. The largest absolute Gasteiger partial charge is 0.462 e. The van der Waals surface area contributed by atoms with Gasteiger partial charge in [0.15, 0.2) is 6.10 Å². The van der Waals surface area contributed by atoms with Crippen LogP contribution in [0.3, 0.4) is 0 Å². The molecule has 0 aromatic rings. The molecule has 0 aliphatic carbocycles. The van der Waals surface area contributed by atoms with Gasteiger partial charge < -0.3 is 14.2 Å². The summed E-state index contributed by atoms with van der Waals surface area (Å²) in [5, 5.41) is 0. The lowest BCUT2D eigenvalue weighted by atomic mass is 10.0. The molecule has 0 fully saturated rings. The van der Waals surface area contributed by atoms with Crippen LogP contribution in [0.25, 0.3) is 0 Å². The first-order valence-corrected chi connectivity index (χ1v) is 36.6. The van der Waals surface area contributed by atoms with E-state index >= 15 is 0 Å². The molecule has 0 bridgehead atoms. The molecule has 480 valence electrons. The summed E-state index contributed by atoms with van der Waals surface area (Å²) in [4.78, 5) is 38.5. The van der Waals surface area contributed by atoms with Gasteiger partial charge in [-0.25, -0.2) is 0 Å². The Kier molecular flexibility index (Phi) is 68.6. The molecule has 0 aliphatic heterocycles. The van der Waals surface area contributed by atoms with E-state index in [1.54, 1.807) is 0 Å². The zero-order chi connectivity index (χ0) is 59.2. The lowest BCUT2D eigenvalue weighted by Gasteiger charge is -2.18. The molecule has 0 aliphatic rings. The number of hydrogen-bond donors (Lipinski definition) is 0. The molecule has 0 N–H and O–H groups in total. The molecule has 0 aromatic carbocycles. The molecule has 0 radical (unpaired) electrons. The highest BCUT2D eigenvalue weighted by Crippen LogP contribution is 2.18. The Balaban J connectivity index is 4.27. The van der Waals surface area contributed by atoms with Crippen molar-refractivity contribution < 1.29 is 28.6 Å². The smallest absolute Gasteiger partial charge is 0.306 e. The number of carbonyl (C=O) groups excluding carboxylic acids is 3. The first kappa shape index (κ1) is 79.4. The minimum atomic E-state index is -0.775. The number of hydrogen-bond acceptors (Lipinski definition) is 6. The lowest BCUT2D eigenvalue weighted by Crippen LogP contribution is -2.30. The van der Waals surface area contributed by atoms with Crippen LogP contribution < -0.4 is 0 Å². The zero-order valence-electron chi connectivity index (χ0n) is 55.3. The van der Waals surface area contributed by atoms with Crippen molar-refractivity contribution in [3.63, 3.8) is 0 Å². The van der Waals surface area contributed by atoms with E-state index in [-0.39, 0.29) is 31.1 Å². The maximum atomic E-state index is 13.0. The van der Waals surface area contributed by atoms with Gasteiger partial charge >= 0.3 is 17.9 Å². The molecule has 6 nitrogen and oxygen atoms in total. The maximum Gasteiger partial charge on any atom is 0.306 e. The van der Waals surface area contributed by atoms with Crippen LogP contribution in [0.15, 0.2) is 48.6 Å². The van der Waals surface area contributed by atoms with Crippen LogP contribution in [0.2, 0.25) is 0 Å². The van der Waals surface area contributed by atoms with Crippen LogP contribution in [-0.2, 0) is 28.6 Å². The number of allylic oxidation sites excluding steroid dienone is 8. The van der Waals surface area contributed by atoms with Crippen molar-refractivity contribution in [3.8, 4) is 0 Å². The zero-order valence-corrected chi connectivity index (χ0v) is 55.3. The summed E-state index contributed by atoms with van der Waals surface area (Å²) in [7, 11) is 0. The Morgan fingerprint density at radius 2 is 0.439 bits per heavy atom. The highest BCUT2D eigenvalue weighted by atomic mass is 16.6. The van der Waals surface area contributed by atoms with E-state index in [4.69, 9.17) is 14.2 Å². The number of rotatable bonds is 68. The van der Waals surface area contributed by atoms with Crippen molar-refractivity contribution in [2.45, 2.75) is 406 Å². The van der Waals surface area contributed by atoms with Gasteiger partial charge in [0.05, 0.1) is 0 Å². The quantitative estimate of drug-likeness (QED) is 0.0261. The van der Waals surface area contributed by atoms with E-state index in [9.17, 15) is 14.4 Å². The molecule has 0 saturated heterocycles. The van der Waals surface area contributed by atoms with Crippen LogP contribution in [0, 0.1) is 0 Å². The van der Waals surface area contributed by atoms with Gasteiger partial charge in [-0.3, -0.25) is 14.4 Å². The standard InChI is InChI=1S/C76H140O6/c1-4-7-10-13-16-19-22-25-28-31-33-35-36-37-38-39-40-42-43-45-48-51-54-57-60-63-66-69-75(78)81-72-73(71-80-74(77)68-65-62-59-56-53-50-47-30-27-24-21-18-15-12-9-6-3)82-76(79)70-67-64-61-58-55-52-49-46-44-41-34-32-29-26-23-20-17-14-11-8-5-2/h22-23,25-26,31-34,73H,4-21,24,27-30,35-72H2,1-3H3/b25-22-,26-23-,33-31-,34-32-. The van der Waals surface area contributed by atoms with E-state index in [0.29, 0.717) is 19.3 Å². The number of ether oxygens (including phenoxy) is 3. The van der Waals surface area contributed by atoms with Gasteiger partial charge in [-0.05, 0) is 83.5 Å². The number of esters is 3. The van der Waals surface area contributed by atoms with Gasteiger partial charge in [-0.1, -0.05) is 345 Å². The molecule has 0 rings (SSSR count). The summed E-state index contributed by atoms with van der Waals surface area (Å²) in [5.74, 6) is -0.844. The average Bonchev–Trinajstić information content (AvgIpc) is 3.47. The van der Waals surface area contributed by atoms with Crippen LogP contribution in [0.4, 0.5) is 0 Å². The summed E-state index contributed by atoms with van der Waals surface area (Å²) >= 11 is 0. The van der Waals surface area contributed by atoms with E-state index < -0.39 is 6.10 Å². The molecule has 82 heavy (non-hydrogen) atoms. The molecular weight excluding hydrogens is 1010 g/mol. The van der Waals surface area contributed by atoms with Crippen LogP contribution in [0.5, 0.6) is 0 Å². The summed E-state index contributed by atoms with van der Waals surface area (Å²) in [6.07, 6.45) is 90.0. The van der Waals surface area contributed by atoms with Crippen LogP contribution in [0.1, 0.15) is 400 Å². The molecular formula is C76H140O6. The van der Waals surface area contributed by atoms with Crippen molar-refractivity contribution in [1.29, 1.82) is 0 Å². The van der Waals surface area contributed by atoms with Gasteiger partial charge in [0.1, 0.15) is 13.2 Å². The third-order valence-corrected chi connectivity index (χ3v) is 16.6. The fourth-order valence-corrected chi connectivity index (χ4v) is 11.0. The van der Waals surface area contributed by atoms with Gasteiger partial charge in [0.2, 0.25) is 0 Å². The van der Waals surface area contributed by atoms with Gasteiger partial charge in [0, 0.05) is 19.3 Å². The second kappa shape index (κ2) is 70.9. The highest BCUT2D eigenvalue weighted by Gasteiger charge is 2.19. The van der Waals surface area contributed by atoms with Crippen molar-refractivity contribution in [1.82, 2.24) is 0 Å². The Morgan fingerprint density at radius 1 is 0.244 bits per heavy atom. The molecule has 0 heterocycles. The monoisotopic (exact) mass is 1150 g/mol. The Morgan fingerprint density at radius 3 is 0.671 bits per heavy atom. The SMILES string of the molecule is CCCCCCC/C=C\C/C=C\CCCCCCCCCCCCCCCCCC(=O)OCC(COC(=O)CCCCCCCCCCCCCCCCCC)OC(=O)CCCCCCCCCCC/C=C\C/C=C\CCCCCCC. The average molecular weight is 1150 g/mol. The fourth-order valence-electron chi connectivity index (χ4n) is 11.0. The van der Waals surface area contributed by atoms with Crippen molar-refractivity contribution in [3.05, 3.63) is 48.6 Å². The summed E-state index contributed by atoms with van der Waals surface area (Å²) in [6.45, 7) is 6.69. The Hall–Kier alpha value is -2.63. The van der Waals surface area contributed by atoms with Crippen LogP contribution in [-0.4, -0.2) is 37.2 Å². The summed E-state index contributed by atoms with van der Waals surface area (Å²) in [6, 6.07) is 0. The predicted molar refractivity (Wildman–Crippen MR) is 358 cm³/mol. The Labute approximate surface area is 511 Å². The third kappa shape index (κ3) is 68.2. The first-order chi connectivity index (χ1) is 40.5. The minimum Gasteiger partial charge on any atom is -0.462 e. The van der Waals surface area contributed by atoms with Gasteiger partial charge in [0.25, 0.3) is 0 Å². The topological polar surface area (TPSA) is 78.9 Å². The predicted octanol–water partition coefficient (Wildman–Crippen LogP) is 25.3. The molecule has 1 atom stereocenters. The van der Waals surface area contributed by atoms with E-state index in [0.717, 1.165) is 70.6 Å². The fraction of sp³-hybridized carbons (Fsp3) is 0.855. The number of unbranched alkanes of at least 4 members (excludes halogenated alkanes) is 49. The number of carbonyl (C=O) groups is 3. The maximum absolute atomic E-state index is 13.0. The summed E-state index contributed by atoms with van der Waals surface area (Å²) in [5.41, 5.74) is 0. The van der Waals surface area contributed by atoms with Crippen LogP contribution >= 0.6 is 0 Å². The van der Waals surface area contributed by atoms with Crippen molar-refractivity contribution >= 4 is 17.9 Å². The van der Waals surface area contributed by atoms with Gasteiger partial charge in [-0.15, -0.1) is 0 Å². The van der Waals surface area contributed by atoms with E-state index in [2.05, 4.69) is 69.4 Å². The summed E-state index contributed by atoms with van der Waals surface area (Å²) < 4.78 is 17.0. The molecule has 6 heteroatoms. The lowest BCUT2D eigenvalue weighted by molar-refractivity contribution is -0.167. The van der Waals surface area contributed by atoms with E-state index in [1.807, 2.05) is 0 Å². The third-order valence-electron chi connectivity index (χ3n) is 16.6. The molecule has 1 unspecified atom stereocenters. The van der Waals surface area contributed by atoms with Crippen molar-refractivity contribution in [2.75, 3.05) is 13.2 Å². The first-order valence-electron chi connectivity index (χ1n) is 36.6. The minimum absolute atomic E-state index is 0.0695. The second-order valence-electron chi connectivity index (χ2n) is 24.9.